The molecule has 0 aliphatic carbocycles. The fourth-order valence-electron chi connectivity index (χ4n) is 5.22. The molecule has 0 amide bonds. The highest BCUT2D eigenvalue weighted by Gasteiger charge is 2.25. The number of imidazole rings is 1. The number of hydrogen-bond donors (Lipinski definition) is 1. The van der Waals surface area contributed by atoms with E-state index in [2.05, 4.69) is 15.3 Å². The average Bonchev–Trinajstić information content (AvgIpc) is 3.51. The third-order valence-electron chi connectivity index (χ3n) is 7.20. The van der Waals surface area contributed by atoms with Crippen LogP contribution in [0.2, 0.25) is 0 Å². The molecule has 0 radical (unpaired) electrons. The van der Waals surface area contributed by atoms with E-state index >= 15 is 0 Å². The molecule has 218 valence electrons. The summed E-state index contributed by atoms with van der Waals surface area (Å²) in [5.74, 6) is 0.390. The second-order valence-electron chi connectivity index (χ2n) is 11.3. The molecule has 0 atom stereocenters. The van der Waals surface area contributed by atoms with Crippen LogP contribution in [0.4, 0.5) is 16.4 Å². The normalized spacial score (nSPS) is 11.7. The second-order valence-corrected chi connectivity index (χ2v) is 11.3. The number of pyridine rings is 1. The minimum Gasteiger partial charge on any atom is -0.443 e. The molecule has 0 spiro atoms. The van der Waals surface area contributed by atoms with E-state index in [1.807, 2.05) is 54.6 Å². The molecule has 11 heteroatoms. The number of anilines is 2. The average molecular weight is 578 g/mol. The summed E-state index contributed by atoms with van der Waals surface area (Å²) in [6, 6.07) is 20.9. The maximum Gasteiger partial charge on any atom is 0.419 e. The number of aryl methyl sites for hydroxylation is 2. The first kappa shape index (κ1) is 27.7. The third kappa shape index (κ3) is 4.99. The van der Waals surface area contributed by atoms with Gasteiger partial charge in [0.25, 0.3) is 5.56 Å². The minimum absolute atomic E-state index is 0.165. The van der Waals surface area contributed by atoms with Gasteiger partial charge in [-0.3, -0.25) is 18.9 Å². The van der Waals surface area contributed by atoms with Crippen LogP contribution in [0.3, 0.4) is 0 Å². The molecule has 43 heavy (non-hydrogen) atoms. The van der Waals surface area contributed by atoms with E-state index < -0.39 is 22.9 Å². The lowest BCUT2D eigenvalue weighted by atomic mass is 10.0. The predicted molar refractivity (Wildman–Crippen MR) is 166 cm³/mol. The zero-order valence-corrected chi connectivity index (χ0v) is 24.5. The van der Waals surface area contributed by atoms with Crippen molar-refractivity contribution in [3.05, 3.63) is 106 Å². The summed E-state index contributed by atoms with van der Waals surface area (Å²) in [5.41, 5.74) is 2.29. The number of nitrogens with zero attached hydrogens (tertiary/aromatic N) is 6. The number of carbonyl (C=O) groups is 1. The molecule has 4 aromatic heterocycles. The number of fused-ring (bicyclic) bond motifs is 2. The van der Waals surface area contributed by atoms with E-state index in [9.17, 15) is 14.4 Å². The molecule has 1 N–H and O–H groups in total. The predicted octanol–water partition coefficient (Wildman–Crippen LogP) is 5.03. The summed E-state index contributed by atoms with van der Waals surface area (Å²) in [4.78, 5) is 49.7. The van der Waals surface area contributed by atoms with Crippen molar-refractivity contribution in [2.24, 2.45) is 14.1 Å². The van der Waals surface area contributed by atoms with Gasteiger partial charge in [0, 0.05) is 37.6 Å². The highest BCUT2D eigenvalue weighted by molar-refractivity contribution is 6.00. The van der Waals surface area contributed by atoms with Crippen LogP contribution in [-0.4, -0.2) is 39.9 Å². The van der Waals surface area contributed by atoms with Crippen LogP contribution in [0.1, 0.15) is 26.5 Å². The monoisotopic (exact) mass is 577 g/mol. The number of benzene rings is 2. The summed E-state index contributed by atoms with van der Waals surface area (Å²) < 4.78 is 11.3. The molecule has 0 aliphatic rings. The topological polar surface area (TPSA) is 118 Å². The lowest BCUT2D eigenvalue weighted by Gasteiger charge is -2.21. The van der Waals surface area contributed by atoms with E-state index in [-0.39, 0.29) is 17.7 Å². The van der Waals surface area contributed by atoms with Gasteiger partial charge in [-0.25, -0.2) is 14.2 Å². The highest BCUT2D eigenvalue weighted by Crippen LogP contribution is 2.32. The Morgan fingerprint density at radius 3 is 2.35 bits per heavy atom. The fourth-order valence-corrected chi connectivity index (χ4v) is 5.22. The lowest BCUT2D eigenvalue weighted by Crippen LogP contribution is -2.40. The van der Waals surface area contributed by atoms with Gasteiger partial charge in [0.05, 0.1) is 17.8 Å². The van der Waals surface area contributed by atoms with Gasteiger partial charge in [-0.2, -0.15) is 4.98 Å². The summed E-state index contributed by atoms with van der Waals surface area (Å²) in [5, 5.41) is 3.97. The van der Waals surface area contributed by atoms with Crippen LogP contribution >= 0.6 is 0 Å². The maximum absolute atomic E-state index is 13.9. The summed E-state index contributed by atoms with van der Waals surface area (Å²) in [6.07, 6.45) is 2.68. The molecule has 0 saturated heterocycles. The Hall–Kier alpha value is -5.45. The smallest absolute Gasteiger partial charge is 0.419 e. The first-order valence-corrected chi connectivity index (χ1v) is 13.8. The number of ether oxygens (including phenoxy) is 1. The Labute approximate surface area is 246 Å². The van der Waals surface area contributed by atoms with Crippen molar-refractivity contribution in [1.29, 1.82) is 0 Å². The molecule has 0 fully saturated rings. The molecule has 0 aliphatic heterocycles. The number of carbonyl (C=O) groups excluding carboxylic acids is 1. The summed E-state index contributed by atoms with van der Waals surface area (Å²) in [6.45, 7) is 5.21. The van der Waals surface area contributed by atoms with Gasteiger partial charge in [0.2, 0.25) is 5.95 Å². The van der Waals surface area contributed by atoms with Gasteiger partial charge >= 0.3 is 11.8 Å². The van der Waals surface area contributed by atoms with Gasteiger partial charge in [-0.1, -0.05) is 42.5 Å². The molecule has 0 bridgehead atoms. The molecule has 11 nitrogen and oxygen atoms in total. The molecule has 6 rings (SSSR count). The van der Waals surface area contributed by atoms with E-state index in [1.54, 1.807) is 64.0 Å². The Kier molecular flexibility index (Phi) is 6.72. The van der Waals surface area contributed by atoms with E-state index in [0.717, 1.165) is 26.8 Å². The summed E-state index contributed by atoms with van der Waals surface area (Å²) >= 11 is 0. The van der Waals surface area contributed by atoms with Crippen molar-refractivity contribution in [1.82, 2.24) is 28.2 Å². The quantitative estimate of drug-likeness (QED) is 0.306. The van der Waals surface area contributed by atoms with E-state index in [1.165, 1.54) is 9.13 Å². The number of hydrogen-bond acceptors (Lipinski definition) is 7. The number of aromatic nitrogens is 6. The van der Waals surface area contributed by atoms with Crippen molar-refractivity contribution >= 4 is 39.8 Å². The lowest BCUT2D eigenvalue weighted by molar-refractivity contribution is 0.0540. The van der Waals surface area contributed by atoms with Crippen molar-refractivity contribution in [3.63, 3.8) is 0 Å². The summed E-state index contributed by atoms with van der Waals surface area (Å²) in [7, 11) is 3.28. The maximum atomic E-state index is 13.9. The molecular weight excluding hydrogens is 546 g/mol. The van der Waals surface area contributed by atoms with Gasteiger partial charge in [-0.05, 0) is 56.2 Å². The Morgan fingerprint density at radius 2 is 1.65 bits per heavy atom. The van der Waals surface area contributed by atoms with Crippen LogP contribution in [0.15, 0.2) is 88.7 Å². The minimum atomic E-state index is -0.763. The standard InChI is InChI=1S/C32H31N7O4/c1-32(2,3)43-31(42)39-22(18-24-23(12-9-13-25(24)39)20-10-7-6-8-11-20)19-38-28(40)26-27(37(5)30(38)41)35-29(36(26)4)34-21-14-16-33-17-15-21/h6-18H,19H2,1-5H3,(H,33,34,35). The largest absolute Gasteiger partial charge is 0.443 e. The highest BCUT2D eigenvalue weighted by atomic mass is 16.6. The third-order valence-corrected chi connectivity index (χ3v) is 7.20. The SMILES string of the molecule is Cn1c(Nc2ccncc2)nc2c1c(=O)n(Cc1cc3c(-c4ccccc4)cccc3n1C(=O)OC(C)(C)C)c(=O)n2C. The first-order chi connectivity index (χ1) is 20.5. The van der Waals surface area contributed by atoms with Crippen LogP contribution in [-0.2, 0) is 25.4 Å². The molecule has 6 aromatic rings. The molecule has 0 unspecified atom stereocenters. The second kappa shape index (κ2) is 10.4. The Bertz CT molecular complexity index is 2120. The van der Waals surface area contributed by atoms with Crippen LogP contribution in [0, 0.1) is 0 Å². The number of nitrogens with one attached hydrogen (secondary N) is 1. The van der Waals surface area contributed by atoms with Crippen LogP contribution in [0.5, 0.6) is 0 Å². The van der Waals surface area contributed by atoms with E-state index in [4.69, 9.17) is 4.74 Å². The van der Waals surface area contributed by atoms with Crippen molar-refractivity contribution in [2.75, 3.05) is 5.32 Å². The molecule has 0 saturated carbocycles. The first-order valence-electron chi connectivity index (χ1n) is 13.8. The zero-order valence-electron chi connectivity index (χ0n) is 24.5. The van der Waals surface area contributed by atoms with Crippen LogP contribution < -0.4 is 16.6 Å². The van der Waals surface area contributed by atoms with Gasteiger partial charge in [-0.15, -0.1) is 0 Å². The van der Waals surface area contributed by atoms with Gasteiger partial charge < -0.3 is 14.6 Å². The zero-order chi connectivity index (χ0) is 30.5. The van der Waals surface area contributed by atoms with Crippen molar-refractivity contribution in [3.8, 4) is 11.1 Å². The van der Waals surface area contributed by atoms with Crippen molar-refractivity contribution in [2.45, 2.75) is 32.9 Å². The number of rotatable bonds is 5. The molecular formula is C32H31N7O4. The van der Waals surface area contributed by atoms with E-state index in [0.29, 0.717) is 17.2 Å². The molecule has 2 aromatic carbocycles. The van der Waals surface area contributed by atoms with Gasteiger partial charge in [0.1, 0.15) is 5.60 Å². The van der Waals surface area contributed by atoms with Gasteiger partial charge in [0.15, 0.2) is 11.2 Å². The van der Waals surface area contributed by atoms with Crippen molar-refractivity contribution < 1.29 is 9.53 Å². The Morgan fingerprint density at radius 1 is 0.930 bits per heavy atom. The molecule has 4 heterocycles. The fraction of sp³-hybridized carbons (Fsp3) is 0.219. The van der Waals surface area contributed by atoms with Crippen LogP contribution in [0.25, 0.3) is 33.2 Å². The Balaban J connectivity index is 1.53.